The second-order valence-corrected chi connectivity index (χ2v) is 8.03. The predicted octanol–water partition coefficient (Wildman–Crippen LogP) is 2.62. The Labute approximate surface area is 208 Å². The van der Waals surface area contributed by atoms with Gasteiger partial charge < -0.3 is 14.4 Å². The van der Waals surface area contributed by atoms with E-state index in [2.05, 4.69) is 5.32 Å². The standard InChI is InChI=1S/C22H24N2O5S.Na.H/c1-24(22(27)29-13-11-16-5-3-2-4-6-16)12-14-28-18-9-7-17(8-10-18)15-19-20(25)23-21(26)30-19;;/h2-10,19H,11-15H2,1H3,(H,23,25,26);;. The van der Waals surface area contributed by atoms with Crippen LogP contribution in [0.1, 0.15) is 11.1 Å². The molecule has 0 aliphatic carbocycles. The number of rotatable bonds is 9. The molecule has 1 atom stereocenters. The number of nitrogens with zero attached hydrogens (tertiary/aromatic N) is 1. The summed E-state index contributed by atoms with van der Waals surface area (Å²) in [5, 5.41) is 1.60. The minimum absolute atomic E-state index is 0. The van der Waals surface area contributed by atoms with Crippen molar-refractivity contribution in [2.45, 2.75) is 18.1 Å². The Morgan fingerprint density at radius 1 is 1.03 bits per heavy atom. The van der Waals surface area contributed by atoms with Crippen LogP contribution in [0.15, 0.2) is 54.6 Å². The van der Waals surface area contributed by atoms with E-state index in [1.54, 1.807) is 7.05 Å². The Kier molecular flexibility index (Phi) is 10.4. The Balaban J connectivity index is 0.00000341. The first-order valence-electron chi connectivity index (χ1n) is 9.66. The van der Waals surface area contributed by atoms with Gasteiger partial charge in [0.05, 0.1) is 18.4 Å². The molecule has 1 N–H and O–H groups in total. The number of benzene rings is 2. The molecule has 3 rings (SSSR count). The van der Waals surface area contributed by atoms with Crippen LogP contribution < -0.4 is 10.1 Å². The number of likely N-dealkylation sites (N-methyl/N-ethyl adjacent to an activating group) is 1. The van der Waals surface area contributed by atoms with Crippen molar-refractivity contribution >= 4 is 58.6 Å². The first-order valence-corrected chi connectivity index (χ1v) is 10.5. The Hall–Kier alpha value is -2.00. The van der Waals surface area contributed by atoms with Gasteiger partial charge in [0.2, 0.25) is 5.91 Å². The van der Waals surface area contributed by atoms with Gasteiger partial charge in [-0.3, -0.25) is 14.9 Å². The molecule has 9 heteroatoms. The molecular weight excluding hydrogens is 427 g/mol. The number of imide groups is 1. The van der Waals surface area contributed by atoms with E-state index in [-0.39, 0.29) is 52.0 Å². The van der Waals surface area contributed by atoms with E-state index in [1.165, 1.54) is 4.90 Å². The summed E-state index contributed by atoms with van der Waals surface area (Å²) in [4.78, 5) is 36.4. The topological polar surface area (TPSA) is 84.9 Å². The molecule has 160 valence electrons. The van der Waals surface area contributed by atoms with Gasteiger partial charge in [0.15, 0.2) is 0 Å². The van der Waals surface area contributed by atoms with Gasteiger partial charge in [0, 0.05) is 13.5 Å². The summed E-state index contributed by atoms with van der Waals surface area (Å²) in [6.45, 7) is 1.06. The Morgan fingerprint density at radius 2 is 1.74 bits per heavy atom. The quantitative estimate of drug-likeness (QED) is 0.589. The van der Waals surface area contributed by atoms with Crippen LogP contribution >= 0.6 is 11.8 Å². The van der Waals surface area contributed by atoms with E-state index < -0.39 is 0 Å². The molecule has 1 aliphatic rings. The van der Waals surface area contributed by atoms with Crippen molar-refractivity contribution in [2.75, 3.05) is 26.8 Å². The molecule has 2 aromatic carbocycles. The van der Waals surface area contributed by atoms with Crippen LogP contribution in [0, 0.1) is 0 Å². The maximum absolute atomic E-state index is 12.0. The summed E-state index contributed by atoms with van der Waals surface area (Å²) in [5.74, 6) is 0.424. The van der Waals surface area contributed by atoms with E-state index in [0.717, 1.165) is 22.9 Å². The van der Waals surface area contributed by atoms with Gasteiger partial charge in [0.1, 0.15) is 12.4 Å². The van der Waals surface area contributed by atoms with Gasteiger partial charge in [-0.1, -0.05) is 54.2 Å². The van der Waals surface area contributed by atoms with Gasteiger partial charge in [0.25, 0.3) is 5.24 Å². The van der Waals surface area contributed by atoms with E-state index in [1.807, 2.05) is 54.6 Å². The third-order valence-electron chi connectivity index (χ3n) is 4.58. The van der Waals surface area contributed by atoms with E-state index in [9.17, 15) is 14.4 Å². The zero-order chi connectivity index (χ0) is 21.3. The number of hydrogen-bond acceptors (Lipinski definition) is 6. The van der Waals surface area contributed by atoms with Crippen molar-refractivity contribution in [1.82, 2.24) is 10.2 Å². The summed E-state index contributed by atoms with van der Waals surface area (Å²) in [6.07, 6.45) is 0.783. The zero-order valence-electron chi connectivity index (χ0n) is 16.7. The second kappa shape index (κ2) is 12.8. The SMILES string of the molecule is CN(CCOc1ccc(CC2SC(=O)NC2=O)cc1)C(=O)OCCc1ccccc1.[NaH]. The van der Waals surface area contributed by atoms with E-state index >= 15 is 0 Å². The number of nitrogens with one attached hydrogen (secondary N) is 1. The normalized spacial score (nSPS) is 15.1. The number of carbonyl (C=O) groups excluding carboxylic acids is 3. The van der Waals surface area contributed by atoms with Crippen molar-refractivity contribution < 1.29 is 23.9 Å². The fourth-order valence-corrected chi connectivity index (χ4v) is 3.73. The number of thioether (sulfide) groups is 1. The molecule has 7 nitrogen and oxygen atoms in total. The fourth-order valence-electron chi connectivity index (χ4n) is 2.87. The van der Waals surface area contributed by atoms with Gasteiger partial charge in [-0.25, -0.2) is 4.79 Å². The van der Waals surface area contributed by atoms with Crippen LogP contribution in [0.2, 0.25) is 0 Å². The molecule has 1 aliphatic heterocycles. The number of carbonyl (C=O) groups is 3. The van der Waals surface area contributed by atoms with E-state index in [4.69, 9.17) is 9.47 Å². The molecule has 0 radical (unpaired) electrons. The average Bonchev–Trinajstić information content (AvgIpc) is 3.06. The summed E-state index contributed by atoms with van der Waals surface area (Å²) < 4.78 is 11.0. The third kappa shape index (κ3) is 8.22. The average molecular weight is 453 g/mol. The Morgan fingerprint density at radius 3 is 2.39 bits per heavy atom. The van der Waals surface area contributed by atoms with Gasteiger partial charge in [-0.05, 0) is 29.7 Å². The van der Waals surface area contributed by atoms with Gasteiger partial charge >= 0.3 is 35.7 Å². The van der Waals surface area contributed by atoms with Crippen molar-refractivity contribution in [3.63, 3.8) is 0 Å². The monoisotopic (exact) mass is 452 g/mol. The Bertz CT molecular complexity index is 879. The van der Waals surface area contributed by atoms with Crippen LogP contribution in [-0.2, 0) is 22.4 Å². The maximum atomic E-state index is 12.0. The molecular formula is C22H25N2NaO5S. The van der Waals surface area contributed by atoms with Crippen LogP contribution in [0.25, 0.3) is 0 Å². The molecule has 2 aromatic rings. The molecule has 0 bridgehead atoms. The van der Waals surface area contributed by atoms with Crippen molar-refractivity contribution in [3.8, 4) is 5.75 Å². The summed E-state index contributed by atoms with van der Waals surface area (Å²) in [5.41, 5.74) is 2.07. The third-order valence-corrected chi connectivity index (χ3v) is 5.56. The van der Waals surface area contributed by atoms with Crippen LogP contribution in [0.4, 0.5) is 9.59 Å². The van der Waals surface area contributed by atoms with Gasteiger partial charge in [-0.2, -0.15) is 0 Å². The van der Waals surface area contributed by atoms with Crippen molar-refractivity contribution in [1.29, 1.82) is 0 Å². The fraction of sp³-hybridized carbons (Fsp3) is 0.318. The van der Waals surface area contributed by atoms with Crippen molar-refractivity contribution in [2.24, 2.45) is 0 Å². The molecule has 31 heavy (non-hydrogen) atoms. The molecule has 0 saturated carbocycles. The molecule has 0 aromatic heterocycles. The van der Waals surface area contributed by atoms with Gasteiger partial charge in [-0.15, -0.1) is 0 Å². The molecule has 1 unspecified atom stereocenters. The zero-order valence-corrected chi connectivity index (χ0v) is 17.5. The summed E-state index contributed by atoms with van der Waals surface area (Å²) >= 11 is 1.02. The van der Waals surface area contributed by atoms with Crippen LogP contribution in [0.5, 0.6) is 5.75 Å². The molecule has 3 amide bonds. The minimum atomic E-state index is -0.383. The second-order valence-electron chi connectivity index (χ2n) is 6.85. The number of amides is 3. The number of ether oxygens (including phenoxy) is 2. The van der Waals surface area contributed by atoms with Crippen molar-refractivity contribution in [3.05, 3.63) is 65.7 Å². The summed E-state index contributed by atoms with van der Waals surface area (Å²) in [7, 11) is 1.67. The predicted molar refractivity (Wildman–Crippen MR) is 122 cm³/mol. The molecule has 1 saturated heterocycles. The molecule has 1 heterocycles. The van der Waals surface area contributed by atoms with Crippen LogP contribution in [-0.4, -0.2) is 83.8 Å². The first kappa shape index (κ1) is 25.3. The van der Waals surface area contributed by atoms with E-state index in [0.29, 0.717) is 38.3 Å². The number of hydrogen-bond donors (Lipinski definition) is 1. The summed E-state index contributed by atoms with van der Waals surface area (Å²) in [6, 6.07) is 17.2. The van der Waals surface area contributed by atoms with Crippen LogP contribution in [0.3, 0.4) is 0 Å². The first-order chi connectivity index (χ1) is 14.5. The molecule has 0 spiro atoms. The molecule has 1 fully saturated rings.